The van der Waals surface area contributed by atoms with Crippen LogP contribution in [0.5, 0.6) is 0 Å². The van der Waals surface area contributed by atoms with Crippen molar-refractivity contribution in [3.8, 4) is 0 Å². The summed E-state index contributed by atoms with van der Waals surface area (Å²) in [5.41, 5.74) is 3.85. The fraction of sp³-hybridized carbons (Fsp3) is 0.583. The zero-order valence-electron chi connectivity index (χ0n) is 35.7. The summed E-state index contributed by atoms with van der Waals surface area (Å²) >= 11 is 0. The Morgan fingerprint density at radius 3 is 0.982 bits per heavy atom. The summed E-state index contributed by atoms with van der Waals surface area (Å²) in [5, 5.41) is 4.10. The topological polar surface area (TPSA) is 114 Å². The first-order chi connectivity index (χ1) is 27.0. The number of hydrogen-bond donors (Lipinski definition) is 0. The Balaban J connectivity index is 0.000000387. The van der Waals surface area contributed by atoms with Gasteiger partial charge in [0.05, 0.1) is 9.79 Å². The van der Waals surface area contributed by atoms with Crippen LogP contribution in [-0.2, 0) is 45.9 Å². The van der Waals surface area contributed by atoms with Gasteiger partial charge in [0.1, 0.15) is 20.2 Å². The molecule has 0 aromatic heterocycles. The van der Waals surface area contributed by atoms with E-state index in [0.29, 0.717) is 12.8 Å². The summed E-state index contributed by atoms with van der Waals surface area (Å²) in [4.78, 5) is -0.0390. The third kappa shape index (κ3) is 17.5. The van der Waals surface area contributed by atoms with Gasteiger partial charge in [0.2, 0.25) is 0 Å². The van der Waals surface area contributed by atoms with Crippen molar-refractivity contribution >= 4 is 79.5 Å². The van der Waals surface area contributed by atoms with Gasteiger partial charge in [0, 0.05) is 0 Å². The molecular formula is C48H70CaO6S2. The summed E-state index contributed by atoms with van der Waals surface area (Å²) in [6.45, 7) is 8.78. The fourth-order valence-electron chi connectivity index (χ4n) is 8.06. The summed E-state index contributed by atoms with van der Waals surface area (Å²) in [6.07, 6.45) is 26.3. The van der Waals surface area contributed by atoms with Crippen LogP contribution in [-0.4, -0.2) is 63.7 Å². The molecule has 9 heteroatoms. The van der Waals surface area contributed by atoms with E-state index in [1.165, 1.54) is 100 Å². The molecule has 0 fully saturated rings. The minimum Gasteiger partial charge on any atom is -0.744 e. The number of rotatable bonds is 26. The summed E-state index contributed by atoms with van der Waals surface area (Å²) in [6, 6.07) is 18.9. The molecule has 4 rings (SSSR count). The maximum atomic E-state index is 11.9. The Morgan fingerprint density at radius 2 is 0.684 bits per heavy atom. The van der Waals surface area contributed by atoms with Crippen LogP contribution in [0.15, 0.2) is 70.5 Å². The third-order valence-corrected chi connectivity index (χ3v) is 12.9. The van der Waals surface area contributed by atoms with E-state index in [1.807, 2.05) is 24.3 Å². The first-order valence-electron chi connectivity index (χ1n) is 22.0. The van der Waals surface area contributed by atoms with Crippen LogP contribution < -0.4 is 0 Å². The van der Waals surface area contributed by atoms with Gasteiger partial charge in [0.15, 0.2) is 0 Å². The Kier molecular flexibility index (Phi) is 25.4. The van der Waals surface area contributed by atoms with E-state index in [0.717, 1.165) is 96.9 Å². The Labute approximate surface area is 376 Å². The van der Waals surface area contributed by atoms with Crippen LogP contribution in [0.3, 0.4) is 0 Å². The van der Waals surface area contributed by atoms with Crippen molar-refractivity contribution in [2.75, 3.05) is 0 Å². The molecule has 0 N–H and O–H groups in total. The van der Waals surface area contributed by atoms with Crippen LogP contribution in [0.4, 0.5) is 0 Å². The van der Waals surface area contributed by atoms with Crippen molar-refractivity contribution in [3.05, 3.63) is 82.9 Å². The first kappa shape index (κ1) is 51.6. The van der Waals surface area contributed by atoms with Crippen molar-refractivity contribution in [2.24, 2.45) is 0 Å². The second kappa shape index (κ2) is 28.1. The van der Waals surface area contributed by atoms with Gasteiger partial charge in [0.25, 0.3) is 0 Å². The number of hydrogen-bond acceptors (Lipinski definition) is 6. The second-order valence-electron chi connectivity index (χ2n) is 15.7. The monoisotopic (exact) mass is 846 g/mol. The van der Waals surface area contributed by atoms with E-state index < -0.39 is 20.2 Å². The summed E-state index contributed by atoms with van der Waals surface area (Å²) in [5.74, 6) is 0. The van der Waals surface area contributed by atoms with Crippen molar-refractivity contribution in [1.29, 1.82) is 0 Å². The molecule has 0 saturated heterocycles. The van der Waals surface area contributed by atoms with E-state index in [-0.39, 0.29) is 47.5 Å². The van der Waals surface area contributed by atoms with Crippen LogP contribution in [0.25, 0.3) is 21.5 Å². The molecule has 0 spiro atoms. The molecule has 4 aromatic carbocycles. The van der Waals surface area contributed by atoms with Crippen molar-refractivity contribution in [3.63, 3.8) is 0 Å². The van der Waals surface area contributed by atoms with E-state index in [2.05, 4.69) is 39.8 Å². The molecule has 0 unspecified atom stereocenters. The van der Waals surface area contributed by atoms with Crippen LogP contribution >= 0.6 is 0 Å². The van der Waals surface area contributed by atoms with E-state index in [9.17, 15) is 25.9 Å². The normalized spacial score (nSPS) is 11.8. The standard InChI is InChI=1S/2C24H36O3S.Ca/c2*1-3-5-7-9-11-14-20-15-13-16-21-18-19-23(28(25,26)27)22(24(20)21)17-12-10-8-6-4-2;/h2*13,15-16,18-19H,3-12,14,17H2,1-2H3,(H,25,26,27);/q;;+2/p-2. The van der Waals surface area contributed by atoms with Crippen LogP contribution in [0.1, 0.15) is 178 Å². The predicted octanol–water partition coefficient (Wildman–Crippen LogP) is 13.2. The maximum Gasteiger partial charge on any atom is 2.00 e. The molecule has 0 aliphatic rings. The molecular weight excluding hydrogens is 777 g/mol. The molecule has 0 aliphatic heterocycles. The molecule has 0 saturated carbocycles. The fourth-order valence-corrected chi connectivity index (χ4v) is 9.54. The largest absolute Gasteiger partial charge is 2.00 e. The molecule has 4 aromatic rings. The number of benzene rings is 4. The van der Waals surface area contributed by atoms with Gasteiger partial charge in [-0.15, -0.1) is 0 Å². The van der Waals surface area contributed by atoms with E-state index >= 15 is 0 Å². The van der Waals surface area contributed by atoms with Gasteiger partial charge < -0.3 is 9.11 Å². The number of fused-ring (bicyclic) bond motifs is 2. The molecule has 0 heterocycles. The Bertz CT molecular complexity index is 1830. The smallest absolute Gasteiger partial charge is 0.744 e. The van der Waals surface area contributed by atoms with Gasteiger partial charge in [-0.05, 0) is 107 Å². The quantitative estimate of drug-likeness (QED) is 0.0353. The molecule has 0 atom stereocenters. The Morgan fingerprint density at radius 1 is 0.386 bits per heavy atom. The molecule has 0 bridgehead atoms. The molecule has 6 nitrogen and oxygen atoms in total. The molecule has 0 amide bonds. The van der Waals surface area contributed by atoms with Gasteiger partial charge in [-0.25, -0.2) is 16.8 Å². The minimum absolute atomic E-state index is 0. The van der Waals surface area contributed by atoms with Crippen molar-refractivity contribution < 1.29 is 25.9 Å². The average Bonchev–Trinajstić information content (AvgIpc) is 3.16. The van der Waals surface area contributed by atoms with Crippen molar-refractivity contribution in [2.45, 2.75) is 192 Å². The van der Waals surface area contributed by atoms with Gasteiger partial charge in [-0.2, -0.15) is 0 Å². The van der Waals surface area contributed by atoms with Crippen LogP contribution in [0, 0.1) is 0 Å². The first-order valence-corrected chi connectivity index (χ1v) is 24.8. The summed E-state index contributed by atoms with van der Waals surface area (Å²) in [7, 11) is -8.94. The zero-order chi connectivity index (χ0) is 40.8. The maximum absolute atomic E-state index is 11.9. The van der Waals surface area contributed by atoms with Gasteiger partial charge in [-0.1, -0.05) is 179 Å². The van der Waals surface area contributed by atoms with Crippen molar-refractivity contribution in [1.82, 2.24) is 0 Å². The molecule has 0 radical (unpaired) electrons. The minimum atomic E-state index is -4.47. The SMILES string of the molecule is CCCCCCCc1cccc2ccc(S(=O)(=O)[O-])c(CCCCCCC)c12.CCCCCCCc1cccc2ccc(S(=O)(=O)[O-])c(CCCCCCC)c12.[Ca+2]. The number of unbranched alkanes of at least 4 members (excludes halogenated alkanes) is 16. The molecule has 57 heavy (non-hydrogen) atoms. The van der Waals surface area contributed by atoms with Crippen LogP contribution in [0.2, 0.25) is 0 Å². The second-order valence-corrected chi connectivity index (χ2v) is 18.4. The summed E-state index contributed by atoms with van der Waals surface area (Å²) < 4.78 is 71.5. The van der Waals surface area contributed by atoms with Gasteiger partial charge >= 0.3 is 37.7 Å². The van der Waals surface area contributed by atoms with Gasteiger partial charge in [-0.3, -0.25) is 0 Å². The number of aryl methyl sites for hydroxylation is 4. The average molecular weight is 847 g/mol. The third-order valence-electron chi connectivity index (χ3n) is 11.1. The Hall–Kier alpha value is -1.52. The van der Waals surface area contributed by atoms with E-state index in [4.69, 9.17) is 0 Å². The predicted molar refractivity (Wildman–Crippen MR) is 239 cm³/mol. The molecule has 312 valence electrons. The molecule has 0 aliphatic carbocycles. The zero-order valence-corrected chi connectivity index (χ0v) is 39.6. The van der Waals surface area contributed by atoms with E-state index in [1.54, 1.807) is 12.1 Å².